The van der Waals surface area contributed by atoms with Crippen LogP contribution in [0.4, 0.5) is 17.1 Å². The number of aromatic nitrogens is 3. The van der Waals surface area contributed by atoms with Crippen molar-refractivity contribution >= 4 is 38.9 Å². The van der Waals surface area contributed by atoms with E-state index in [1.807, 2.05) is 44.2 Å². The number of ether oxygens (including phenoxy) is 1. The van der Waals surface area contributed by atoms with Crippen molar-refractivity contribution in [3.05, 3.63) is 175 Å². The average Bonchev–Trinajstić information content (AvgIpc) is 3.79. The molecule has 0 spiro atoms. The maximum absolute atomic E-state index is 6.36. The fourth-order valence-corrected chi connectivity index (χ4v) is 7.53. The van der Waals surface area contributed by atoms with Gasteiger partial charge in [-0.05, 0) is 76.8 Å². The summed E-state index contributed by atoms with van der Waals surface area (Å²) in [6.45, 7) is 2.04. The van der Waals surface area contributed by atoms with E-state index >= 15 is 0 Å². The van der Waals surface area contributed by atoms with E-state index in [4.69, 9.17) is 9.72 Å². The number of rotatable bonds is 5. The van der Waals surface area contributed by atoms with Gasteiger partial charge in [0.05, 0.1) is 0 Å². The van der Waals surface area contributed by atoms with Crippen LogP contribution < -0.4 is 14.5 Å². The Morgan fingerprint density at radius 2 is 1.38 bits per heavy atom. The second-order valence-electron chi connectivity index (χ2n) is 12.4. The van der Waals surface area contributed by atoms with Crippen LogP contribution in [0.2, 0.25) is 0 Å². The number of benzene rings is 5. The summed E-state index contributed by atoms with van der Waals surface area (Å²) in [6.07, 6.45) is 3.67. The van der Waals surface area contributed by atoms with E-state index in [9.17, 15) is 0 Å². The summed E-state index contributed by atoms with van der Waals surface area (Å²) in [5, 5.41) is 2.20. The van der Waals surface area contributed by atoms with E-state index in [0.717, 1.165) is 44.7 Å². The van der Waals surface area contributed by atoms with E-state index in [-0.39, 0.29) is 27.0 Å². The predicted molar refractivity (Wildman–Crippen MR) is 195 cm³/mol. The second-order valence-corrected chi connectivity index (χ2v) is 12.4. The summed E-state index contributed by atoms with van der Waals surface area (Å²) in [4.78, 5) is 13.6. The molecule has 5 aromatic carbocycles. The largest absolute Gasteiger partial charge is 0.504 e. The van der Waals surface area contributed by atoms with Gasteiger partial charge in [0.25, 0.3) is 0 Å². The SMILES string of the molecule is CN1[CH-]N(c2[c-]c(Oc3[c-]c4c(cc3)c3ccccc3n4-c3cc(C4c5ccccc5-c5ccccc54)ccn3)ncc2)c2ccccc21.[Pt]. The Kier molecular flexibility index (Phi) is 7.29. The Morgan fingerprint density at radius 1 is 0.680 bits per heavy atom. The van der Waals surface area contributed by atoms with Crippen LogP contribution >= 0.6 is 0 Å². The van der Waals surface area contributed by atoms with Crippen LogP contribution in [-0.4, -0.2) is 21.6 Å². The predicted octanol–water partition coefficient (Wildman–Crippen LogP) is 9.83. The quantitative estimate of drug-likeness (QED) is 0.162. The van der Waals surface area contributed by atoms with Gasteiger partial charge in [0.2, 0.25) is 0 Å². The van der Waals surface area contributed by atoms with Crippen LogP contribution in [0, 0.1) is 18.8 Å². The Morgan fingerprint density at radius 3 is 2.20 bits per heavy atom. The molecule has 0 saturated heterocycles. The second kappa shape index (κ2) is 12.0. The van der Waals surface area contributed by atoms with Crippen molar-refractivity contribution in [2.45, 2.75) is 5.92 Å². The molecule has 6 nitrogen and oxygen atoms in total. The monoisotopic (exact) mass is 825 g/mol. The molecule has 0 atom stereocenters. The molecule has 0 fully saturated rings. The topological polar surface area (TPSA) is 46.4 Å². The minimum Gasteiger partial charge on any atom is -0.504 e. The van der Waals surface area contributed by atoms with E-state index in [1.54, 1.807) is 6.20 Å². The van der Waals surface area contributed by atoms with Gasteiger partial charge in [-0.15, -0.1) is 17.5 Å². The van der Waals surface area contributed by atoms with Crippen molar-refractivity contribution in [3.8, 4) is 28.6 Å². The average molecular weight is 826 g/mol. The molecular weight excluding hydrogens is 798 g/mol. The van der Waals surface area contributed by atoms with Crippen LogP contribution in [0.5, 0.6) is 11.6 Å². The van der Waals surface area contributed by atoms with Gasteiger partial charge in [-0.1, -0.05) is 84.4 Å². The normalized spacial score (nSPS) is 13.3. The first-order valence-electron chi connectivity index (χ1n) is 16.3. The van der Waals surface area contributed by atoms with Crippen LogP contribution in [0.15, 0.2) is 140 Å². The summed E-state index contributed by atoms with van der Waals surface area (Å²) in [5.74, 6) is 1.88. The third-order valence-electron chi connectivity index (χ3n) is 9.66. The standard InChI is InChI=1S/C43H28N5O.Pt/c1-46-27-47(39-17-9-8-16-38(39)46)29-21-23-45-42(25-29)49-30-18-19-34-33-12-6-7-15-37(33)48(40(34)26-30)41-24-28(20-22-44-41)43-35-13-4-2-10-31(35)32-11-3-5-14-36(32)43;/h2-24,27,43H,1H3;/q-3;. The van der Waals surface area contributed by atoms with Crippen LogP contribution in [0.25, 0.3) is 38.8 Å². The number of hydrogen-bond acceptors (Lipinski definition) is 5. The van der Waals surface area contributed by atoms with Crippen molar-refractivity contribution in [2.75, 3.05) is 16.8 Å². The van der Waals surface area contributed by atoms with Gasteiger partial charge in [0.15, 0.2) is 0 Å². The fourth-order valence-electron chi connectivity index (χ4n) is 7.53. The van der Waals surface area contributed by atoms with Crippen molar-refractivity contribution in [1.29, 1.82) is 0 Å². The van der Waals surface area contributed by atoms with Gasteiger partial charge >= 0.3 is 0 Å². The van der Waals surface area contributed by atoms with Crippen molar-refractivity contribution in [2.24, 2.45) is 0 Å². The molecule has 50 heavy (non-hydrogen) atoms. The van der Waals surface area contributed by atoms with E-state index < -0.39 is 0 Å². The molecule has 3 aromatic heterocycles. The first-order valence-corrected chi connectivity index (χ1v) is 16.3. The third-order valence-corrected chi connectivity index (χ3v) is 9.66. The van der Waals surface area contributed by atoms with Gasteiger partial charge in [0.1, 0.15) is 11.7 Å². The zero-order valence-electron chi connectivity index (χ0n) is 26.9. The van der Waals surface area contributed by atoms with Gasteiger partial charge < -0.3 is 19.1 Å². The van der Waals surface area contributed by atoms with Crippen LogP contribution in [-0.2, 0) is 21.1 Å². The van der Waals surface area contributed by atoms with Gasteiger partial charge in [-0.25, -0.2) is 4.98 Å². The van der Waals surface area contributed by atoms with Crippen molar-refractivity contribution in [1.82, 2.24) is 14.5 Å². The molecule has 244 valence electrons. The van der Waals surface area contributed by atoms with Gasteiger partial charge in [-0.2, -0.15) is 30.6 Å². The number of pyridine rings is 2. The van der Waals surface area contributed by atoms with Gasteiger partial charge in [-0.3, -0.25) is 4.98 Å². The zero-order valence-corrected chi connectivity index (χ0v) is 29.2. The zero-order chi connectivity index (χ0) is 32.5. The molecule has 0 unspecified atom stereocenters. The van der Waals surface area contributed by atoms with E-state index in [2.05, 4.69) is 135 Å². The summed E-state index contributed by atoms with van der Waals surface area (Å²) >= 11 is 0. The third kappa shape index (κ3) is 4.74. The van der Waals surface area contributed by atoms with Crippen molar-refractivity contribution in [3.63, 3.8) is 0 Å². The number of fused-ring (bicyclic) bond motifs is 7. The first kappa shape index (κ1) is 30.4. The van der Waals surface area contributed by atoms with E-state index in [1.165, 1.54) is 27.8 Å². The Bertz CT molecular complexity index is 2530. The first-order chi connectivity index (χ1) is 24.2. The molecule has 0 saturated carbocycles. The number of nitrogens with zero attached hydrogens (tertiary/aromatic N) is 5. The van der Waals surface area contributed by atoms with E-state index in [0.29, 0.717) is 11.6 Å². The molecule has 2 aliphatic rings. The molecule has 0 radical (unpaired) electrons. The molecule has 7 heteroatoms. The minimum atomic E-state index is 0. The molecular formula is C43H28N5OPt-3. The number of para-hydroxylation sites is 3. The maximum atomic E-state index is 6.36. The Balaban J connectivity index is 0.00000336. The molecule has 0 amide bonds. The molecule has 8 aromatic rings. The minimum absolute atomic E-state index is 0. The molecule has 1 aliphatic carbocycles. The maximum Gasteiger partial charge on any atom is 0.135 e. The van der Waals surface area contributed by atoms with Crippen molar-refractivity contribution < 1.29 is 25.8 Å². The van der Waals surface area contributed by atoms with Crippen LogP contribution in [0.3, 0.4) is 0 Å². The molecule has 10 rings (SSSR count). The summed E-state index contributed by atoms with van der Waals surface area (Å²) in [5.41, 5.74) is 11.4. The van der Waals surface area contributed by atoms with Crippen LogP contribution in [0.1, 0.15) is 22.6 Å². The molecule has 0 N–H and O–H groups in total. The molecule has 4 heterocycles. The fraction of sp³-hybridized carbons (Fsp3) is 0.0465. The summed E-state index contributed by atoms with van der Waals surface area (Å²) < 4.78 is 8.55. The summed E-state index contributed by atoms with van der Waals surface area (Å²) in [6, 6.07) is 51.4. The summed E-state index contributed by atoms with van der Waals surface area (Å²) in [7, 11) is 2.04. The Hall–Kier alpha value is -5.71. The number of anilines is 3. The Labute approximate surface area is 304 Å². The van der Waals surface area contributed by atoms with Gasteiger partial charge in [0, 0.05) is 55.8 Å². The molecule has 1 aliphatic heterocycles. The molecule has 0 bridgehead atoms. The number of hydrogen-bond donors (Lipinski definition) is 0. The smallest absolute Gasteiger partial charge is 0.135 e.